The summed E-state index contributed by atoms with van der Waals surface area (Å²) in [6, 6.07) is 9.37. The molecule has 2 saturated carbocycles. The van der Waals surface area contributed by atoms with Crippen LogP contribution in [-0.4, -0.2) is 18.8 Å². The van der Waals surface area contributed by atoms with Crippen LogP contribution < -0.4 is 4.90 Å². The summed E-state index contributed by atoms with van der Waals surface area (Å²) in [5.41, 5.74) is 7.71. The first kappa shape index (κ1) is 26.0. The number of rotatable bonds is 9. The molecule has 2 aliphatic rings. The fraction of sp³-hybridized carbons (Fsp3) is 0.469. The Morgan fingerprint density at radius 2 is 1.74 bits per heavy atom. The minimum absolute atomic E-state index is 0.126. The van der Waals surface area contributed by atoms with Gasteiger partial charge in [-0.15, -0.1) is 0 Å². The number of hydrogen-bond acceptors (Lipinski definition) is 2. The van der Waals surface area contributed by atoms with E-state index in [0.717, 1.165) is 28.1 Å². The largest absolute Gasteiger partial charge is 0.372 e. The van der Waals surface area contributed by atoms with Crippen molar-refractivity contribution in [1.29, 1.82) is 0 Å². The Kier molecular flexibility index (Phi) is 8.94. The minimum atomic E-state index is 0.126. The van der Waals surface area contributed by atoms with Crippen LogP contribution in [0, 0.1) is 5.41 Å². The second-order valence-corrected chi connectivity index (χ2v) is 10.3. The molecule has 0 aromatic heterocycles. The lowest BCUT2D eigenvalue weighted by atomic mass is 9.68. The van der Waals surface area contributed by atoms with Crippen molar-refractivity contribution < 1.29 is 0 Å². The first-order valence-corrected chi connectivity index (χ1v) is 13.1. The molecule has 0 unspecified atom stereocenters. The monoisotopic (exact) mass is 456 g/mol. The average Bonchev–Trinajstić information content (AvgIpc) is 3.41. The Balaban J connectivity index is 1.99. The van der Waals surface area contributed by atoms with Crippen LogP contribution in [0.15, 0.2) is 89.6 Å². The first-order chi connectivity index (χ1) is 16.3. The zero-order valence-electron chi connectivity index (χ0n) is 22.0. The third-order valence-corrected chi connectivity index (χ3v) is 8.08. The SMILES string of the molecule is C=CC(=NC(/C(=C\C)C(=C)C1(C)CCCCC1)=C(\C)C=C)c1cccc(N(C)C2CCCC2)c1. The van der Waals surface area contributed by atoms with Gasteiger partial charge >= 0.3 is 0 Å². The van der Waals surface area contributed by atoms with Crippen LogP contribution in [0.25, 0.3) is 0 Å². The van der Waals surface area contributed by atoms with E-state index in [1.165, 1.54) is 69.0 Å². The predicted molar refractivity (Wildman–Crippen MR) is 151 cm³/mol. The molecule has 34 heavy (non-hydrogen) atoms. The van der Waals surface area contributed by atoms with E-state index in [0.29, 0.717) is 6.04 Å². The number of allylic oxidation sites excluding steroid dienone is 5. The third-order valence-electron chi connectivity index (χ3n) is 8.08. The smallest absolute Gasteiger partial charge is 0.0737 e. The Hall–Kier alpha value is -2.61. The molecule has 0 radical (unpaired) electrons. The second-order valence-electron chi connectivity index (χ2n) is 10.3. The fourth-order valence-corrected chi connectivity index (χ4v) is 5.61. The number of hydrogen-bond donors (Lipinski definition) is 0. The third kappa shape index (κ3) is 5.71. The summed E-state index contributed by atoms with van der Waals surface area (Å²) in [5, 5.41) is 0. The normalized spacial score (nSPS) is 20.0. The van der Waals surface area contributed by atoms with Crippen LogP contribution in [0.1, 0.15) is 84.1 Å². The summed E-state index contributed by atoms with van der Waals surface area (Å²) in [5.74, 6) is 0. The molecular weight excluding hydrogens is 412 g/mol. The molecular formula is C32H44N2. The van der Waals surface area contributed by atoms with Gasteiger partial charge in [0, 0.05) is 24.3 Å². The van der Waals surface area contributed by atoms with Gasteiger partial charge in [0.2, 0.25) is 0 Å². The number of nitrogens with zero attached hydrogens (tertiary/aromatic N) is 2. The molecule has 2 nitrogen and oxygen atoms in total. The summed E-state index contributed by atoms with van der Waals surface area (Å²) < 4.78 is 0. The van der Waals surface area contributed by atoms with Crippen LogP contribution >= 0.6 is 0 Å². The molecule has 0 atom stereocenters. The zero-order chi connectivity index (χ0) is 24.7. The molecule has 1 aromatic carbocycles. The Morgan fingerprint density at radius 1 is 1.06 bits per heavy atom. The lowest BCUT2D eigenvalue weighted by molar-refractivity contribution is 0.271. The molecule has 2 fully saturated rings. The highest BCUT2D eigenvalue weighted by Gasteiger charge is 2.32. The van der Waals surface area contributed by atoms with E-state index in [1.807, 2.05) is 12.2 Å². The summed E-state index contributed by atoms with van der Waals surface area (Å²) in [4.78, 5) is 7.65. The molecule has 3 rings (SSSR count). The molecule has 182 valence electrons. The zero-order valence-corrected chi connectivity index (χ0v) is 22.0. The van der Waals surface area contributed by atoms with Crippen molar-refractivity contribution in [2.24, 2.45) is 10.4 Å². The van der Waals surface area contributed by atoms with Gasteiger partial charge in [0.1, 0.15) is 0 Å². The molecule has 0 saturated heterocycles. The van der Waals surface area contributed by atoms with Gasteiger partial charge in [-0.05, 0) is 79.9 Å². The van der Waals surface area contributed by atoms with Crippen molar-refractivity contribution in [3.8, 4) is 0 Å². The van der Waals surface area contributed by atoms with E-state index in [4.69, 9.17) is 4.99 Å². The first-order valence-electron chi connectivity index (χ1n) is 13.1. The summed E-state index contributed by atoms with van der Waals surface area (Å²) in [7, 11) is 2.22. The maximum absolute atomic E-state index is 5.21. The van der Waals surface area contributed by atoms with E-state index in [2.05, 4.69) is 82.8 Å². The topological polar surface area (TPSA) is 15.6 Å². The predicted octanol–water partition coefficient (Wildman–Crippen LogP) is 8.97. The van der Waals surface area contributed by atoms with Crippen molar-refractivity contribution in [1.82, 2.24) is 0 Å². The van der Waals surface area contributed by atoms with E-state index < -0.39 is 0 Å². The molecule has 2 heteroatoms. The van der Waals surface area contributed by atoms with Crippen molar-refractivity contribution in [3.05, 3.63) is 90.2 Å². The second kappa shape index (κ2) is 11.7. The summed E-state index contributed by atoms with van der Waals surface area (Å²) in [6.45, 7) is 19.4. The lowest BCUT2D eigenvalue weighted by Crippen LogP contribution is -2.28. The van der Waals surface area contributed by atoms with Gasteiger partial charge in [-0.25, -0.2) is 4.99 Å². The van der Waals surface area contributed by atoms with Gasteiger partial charge < -0.3 is 4.90 Å². The molecule has 0 N–H and O–H groups in total. The maximum Gasteiger partial charge on any atom is 0.0737 e. The lowest BCUT2D eigenvalue weighted by Gasteiger charge is -2.37. The molecule has 0 amide bonds. The summed E-state index contributed by atoms with van der Waals surface area (Å²) in [6.07, 6.45) is 17.4. The van der Waals surface area contributed by atoms with Gasteiger partial charge in [-0.3, -0.25) is 0 Å². The van der Waals surface area contributed by atoms with E-state index >= 15 is 0 Å². The van der Waals surface area contributed by atoms with E-state index in [-0.39, 0.29) is 5.41 Å². The Labute approximate surface area is 208 Å². The fourth-order valence-electron chi connectivity index (χ4n) is 5.61. The quantitative estimate of drug-likeness (QED) is 0.267. The van der Waals surface area contributed by atoms with Crippen LogP contribution in [-0.2, 0) is 0 Å². The van der Waals surface area contributed by atoms with Crippen molar-refractivity contribution >= 4 is 11.4 Å². The summed E-state index contributed by atoms with van der Waals surface area (Å²) >= 11 is 0. The highest BCUT2D eigenvalue weighted by Crippen LogP contribution is 2.46. The highest BCUT2D eigenvalue weighted by atomic mass is 15.1. The van der Waals surface area contributed by atoms with Gasteiger partial charge in [-0.2, -0.15) is 0 Å². The maximum atomic E-state index is 5.21. The Morgan fingerprint density at radius 3 is 2.32 bits per heavy atom. The number of aliphatic imine (C=N–C) groups is 1. The van der Waals surface area contributed by atoms with Crippen molar-refractivity contribution in [3.63, 3.8) is 0 Å². The minimum Gasteiger partial charge on any atom is -0.372 e. The van der Waals surface area contributed by atoms with Gasteiger partial charge in [0.25, 0.3) is 0 Å². The molecule has 0 aliphatic heterocycles. The average molecular weight is 457 g/mol. The van der Waals surface area contributed by atoms with Crippen LogP contribution in [0.2, 0.25) is 0 Å². The molecule has 0 spiro atoms. The van der Waals surface area contributed by atoms with Gasteiger partial charge in [0.15, 0.2) is 0 Å². The molecule has 0 heterocycles. The molecule has 1 aromatic rings. The molecule has 2 aliphatic carbocycles. The van der Waals surface area contributed by atoms with Crippen LogP contribution in [0.4, 0.5) is 5.69 Å². The highest BCUT2D eigenvalue weighted by molar-refractivity contribution is 6.09. The standard InChI is InChI=1S/C32H44N2/c1-8-24(4)31(29(9-2)25(5)32(6)21-14-11-15-22-32)33-30(10-3)26-17-16-20-28(23-26)34(7)27-18-12-13-19-27/h8-10,16-17,20,23,27H,1,3,5,11-15,18-19,21-22H2,2,4,6-7H3/b29-9-,31-24+,33-30?. The van der Waals surface area contributed by atoms with Crippen LogP contribution in [0.3, 0.4) is 0 Å². The molecule has 0 bridgehead atoms. The van der Waals surface area contributed by atoms with Gasteiger partial charge in [0.05, 0.1) is 11.4 Å². The van der Waals surface area contributed by atoms with Crippen LogP contribution in [0.5, 0.6) is 0 Å². The number of benzene rings is 1. The van der Waals surface area contributed by atoms with E-state index in [1.54, 1.807) is 0 Å². The van der Waals surface area contributed by atoms with Crippen molar-refractivity contribution in [2.45, 2.75) is 84.6 Å². The Bertz CT molecular complexity index is 992. The number of anilines is 1. The van der Waals surface area contributed by atoms with Gasteiger partial charge in [-0.1, -0.05) is 83.0 Å². The van der Waals surface area contributed by atoms with E-state index in [9.17, 15) is 0 Å². The van der Waals surface area contributed by atoms with Crippen molar-refractivity contribution in [2.75, 3.05) is 11.9 Å².